The molecule has 0 amide bonds. The Bertz CT molecular complexity index is 4070. The molecule has 2 heterocycles. The summed E-state index contributed by atoms with van der Waals surface area (Å²) in [5.74, 6) is 4.47. The van der Waals surface area contributed by atoms with E-state index in [4.69, 9.17) is 12.8 Å². The van der Waals surface area contributed by atoms with Gasteiger partial charge in [-0.3, -0.25) is 21.8 Å². The summed E-state index contributed by atoms with van der Waals surface area (Å²) in [5.41, 5.74) is 1.53. The molecular formula is C95H89Cu3F6N5P7. The van der Waals surface area contributed by atoms with E-state index in [1.807, 2.05) is 0 Å². The smallest absolute Gasteiger partial charge is 0.366 e. The van der Waals surface area contributed by atoms with Gasteiger partial charge in [0.25, 0.3) is 0 Å². The molecule has 0 spiro atoms. The molecule has 2 aromatic heterocycles. The van der Waals surface area contributed by atoms with Crippen LogP contribution < -0.4 is 63.7 Å². The van der Waals surface area contributed by atoms with Gasteiger partial charge in [0, 0.05) is 92.9 Å². The summed E-state index contributed by atoms with van der Waals surface area (Å²) < 4.78 is 67.6. The van der Waals surface area contributed by atoms with Crippen LogP contribution in [0.1, 0.15) is 51.2 Å². The molecule has 14 aromatic rings. The van der Waals surface area contributed by atoms with Crippen molar-refractivity contribution in [1.29, 1.82) is 0 Å². The first kappa shape index (κ1) is 96.9. The van der Waals surface area contributed by atoms with E-state index >= 15 is 0 Å². The molecular weight excluding hydrogens is 1730 g/mol. The number of hydrogen-bond donors (Lipinski definition) is 0. The molecule has 0 unspecified atom stereocenters. The Morgan fingerprint density at radius 3 is 0.431 bits per heavy atom. The zero-order valence-corrected chi connectivity index (χ0v) is 73.1. The molecule has 604 valence electrons. The van der Waals surface area contributed by atoms with Gasteiger partial charge in [-0.1, -0.05) is 385 Å². The van der Waals surface area contributed by atoms with Crippen LogP contribution >= 0.6 is 56.2 Å². The third-order valence-electron chi connectivity index (χ3n) is 16.3. The molecule has 0 aliphatic carbocycles. The van der Waals surface area contributed by atoms with Gasteiger partial charge in [-0.2, -0.15) is 0 Å². The SMILES string of the molecule is CCCN(P(c1ccccc1)c1ccccc1)P(c1ccccc1)c1ccccc1.CCCN(P(c1ccccc1)c1ccccc1)P(c1ccccc1)c1ccccc1.CCCN(P(c1ccccc1)c1ccccc1)P(c1ccccc1)c1ccccc1.F[P-](F)(F)(F)(F)F.[C-]#Cc1ccncc1.[C-]#Cc1ccncc1.[Cu+].[Cu+].[Cu+]. The van der Waals surface area contributed by atoms with Crippen LogP contribution in [-0.2, 0) is 51.2 Å². The Morgan fingerprint density at radius 2 is 0.345 bits per heavy atom. The van der Waals surface area contributed by atoms with Crippen molar-refractivity contribution >= 4 is 120 Å². The maximum atomic E-state index is 9.87. The largest absolute Gasteiger partial charge is 1.00 e. The van der Waals surface area contributed by atoms with Crippen LogP contribution in [-0.4, -0.2) is 42.9 Å². The molecule has 0 atom stereocenters. The van der Waals surface area contributed by atoms with Gasteiger partial charge in [0.05, 0.1) is 0 Å². The molecule has 0 saturated heterocycles. The first-order valence-electron chi connectivity index (χ1n) is 36.9. The molecule has 0 bridgehead atoms. The second-order valence-electron chi connectivity index (χ2n) is 24.9. The Hall–Kier alpha value is -7.91. The van der Waals surface area contributed by atoms with Crippen LogP contribution in [0.25, 0.3) is 0 Å². The predicted molar refractivity (Wildman–Crippen MR) is 480 cm³/mol. The second-order valence-corrected chi connectivity index (χ2v) is 40.6. The maximum Gasteiger partial charge on any atom is 1.00 e. The van der Waals surface area contributed by atoms with Crippen LogP contribution in [0, 0.1) is 24.7 Å². The van der Waals surface area contributed by atoms with Gasteiger partial charge >= 0.3 is 84.2 Å². The summed E-state index contributed by atoms with van der Waals surface area (Å²) >= 11 is 0. The van der Waals surface area contributed by atoms with Crippen molar-refractivity contribution in [2.45, 2.75) is 40.0 Å². The van der Waals surface area contributed by atoms with Crippen molar-refractivity contribution in [3.63, 3.8) is 0 Å². The van der Waals surface area contributed by atoms with Gasteiger partial charge in [-0.05, 0) is 82.9 Å². The van der Waals surface area contributed by atoms with Crippen LogP contribution in [0.5, 0.6) is 0 Å². The van der Waals surface area contributed by atoms with E-state index in [1.54, 1.807) is 49.1 Å². The number of hydrogen-bond acceptors (Lipinski definition) is 5. The van der Waals surface area contributed by atoms with E-state index in [1.165, 1.54) is 63.7 Å². The number of nitrogens with zero attached hydrogens (tertiary/aromatic N) is 5. The van der Waals surface area contributed by atoms with Crippen molar-refractivity contribution in [2.24, 2.45) is 0 Å². The summed E-state index contributed by atoms with van der Waals surface area (Å²) in [6.07, 6.45) is 23.2. The van der Waals surface area contributed by atoms with Crippen molar-refractivity contribution in [3.05, 3.63) is 437 Å². The maximum absolute atomic E-state index is 10.7. The van der Waals surface area contributed by atoms with Gasteiger partial charge in [-0.15, -0.1) is 35.4 Å². The summed E-state index contributed by atoms with van der Waals surface area (Å²) in [5, 5.41) is 16.9. The average molecular weight is 1820 g/mol. The molecule has 5 nitrogen and oxygen atoms in total. The monoisotopic (exact) mass is 1820 g/mol. The Kier molecular flexibility index (Phi) is 42.4. The molecule has 12 aromatic carbocycles. The minimum Gasteiger partial charge on any atom is -0.366 e. The average Bonchev–Trinajstić information content (AvgIpc) is 0.806. The van der Waals surface area contributed by atoms with E-state index in [9.17, 15) is 25.2 Å². The predicted octanol–water partition coefficient (Wildman–Crippen LogP) is 22.8. The van der Waals surface area contributed by atoms with Crippen molar-refractivity contribution in [3.8, 4) is 11.8 Å². The number of halogens is 6. The fourth-order valence-corrected chi connectivity index (χ4v) is 30.4. The summed E-state index contributed by atoms with van der Waals surface area (Å²) in [6, 6.07) is 140. The van der Waals surface area contributed by atoms with Crippen molar-refractivity contribution < 1.29 is 76.4 Å². The van der Waals surface area contributed by atoms with Crippen molar-refractivity contribution in [1.82, 2.24) is 23.3 Å². The van der Waals surface area contributed by atoms with E-state index in [2.05, 4.69) is 420 Å². The first-order chi connectivity index (χ1) is 55.0. The molecule has 0 aliphatic rings. The van der Waals surface area contributed by atoms with Gasteiger partial charge in [0.2, 0.25) is 0 Å². The van der Waals surface area contributed by atoms with Crippen LogP contribution in [0.3, 0.4) is 0 Å². The number of rotatable bonds is 24. The minimum atomic E-state index is -10.7. The molecule has 21 heteroatoms. The number of benzene rings is 12. The topological polar surface area (TPSA) is 35.5 Å². The van der Waals surface area contributed by atoms with Crippen LogP contribution in [0.15, 0.2) is 413 Å². The Balaban J connectivity index is 0.000000234. The Labute approximate surface area is 722 Å². The third-order valence-corrected chi connectivity index (χ3v) is 33.0. The van der Waals surface area contributed by atoms with E-state index in [0.717, 1.165) is 50.0 Å². The quantitative estimate of drug-likeness (QED) is 0.0198. The number of aromatic nitrogens is 2. The first-order valence-corrected chi connectivity index (χ1v) is 46.7. The molecule has 0 aliphatic heterocycles. The van der Waals surface area contributed by atoms with Gasteiger partial charge in [-0.25, -0.2) is 13.3 Å². The van der Waals surface area contributed by atoms with Crippen LogP contribution in [0.4, 0.5) is 25.2 Å². The molecule has 0 fully saturated rings. The third kappa shape index (κ3) is 32.8. The summed E-state index contributed by atoms with van der Waals surface area (Å²) in [4.78, 5) is 7.54. The van der Waals surface area contributed by atoms with Crippen molar-refractivity contribution in [2.75, 3.05) is 19.6 Å². The number of pyridine rings is 2. The Morgan fingerprint density at radius 1 is 0.233 bits per heavy atom. The van der Waals surface area contributed by atoms with E-state index in [0.29, 0.717) is 0 Å². The minimum absolute atomic E-state index is 0. The summed E-state index contributed by atoms with van der Waals surface area (Å²) in [6.45, 7) is 10.1. The molecule has 116 heavy (non-hydrogen) atoms. The zero-order chi connectivity index (χ0) is 79.8. The fraction of sp³-hybridized carbons (Fsp3) is 0.0947. The van der Waals surface area contributed by atoms with Crippen LogP contribution in [0.2, 0.25) is 0 Å². The standard InChI is InChI=1S/3C27H27NP2.2C7H4N.3Cu.F6P/c3*1-2-23-28(29(24-15-7-3-8-16-24)25-17-9-4-10-18-25)30(26-19-11-5-12-20-26)27-21-13-6-14-22-27;2*1-2-7-3-5-8-6-4-7;;;;1-7(2,3,4,5)6/h3*3-22H,2,23H2,1H3;2*3-6H;;;;/q;;;2*-1;3*+1;-1. The van der Waals surface area contributed by atoms with E-state index in [-0.39, 0.29) is 51.2 Å². The molecule has 0 saturated carbocycles. The van der Waals surface area contributed by atoms with Gasteiger partial charge in [0.15, 0.2) is 0 Å². The molecule has 0 N–H and O–H groups in total. The van der Waals surface area contributed by atoms with Gasteiger partial charge < -0.3 is 12.8 Å². The second kappa shape index (κ2) is 50.8. The molecule has 14 rings (SSSR count). The normalized spacial score (nSPS) is 11.3. The van der Waals surface area contributed by atoms with Gasteiger partial charge in [0.1, 0.15) is 0 Å². The fourth-order valence-electron chi connectivity index (χ4n) is 11.7. The van der Waals surface area contributed by atoms with E-state index < -0.39 is 56.2 Å². The zero-order valence-electron chi connectivity index (χ0n) is 64.0. The molecule has 0 radical (unpaired) electrons. The summed E-state index contributed by atoms with van der Waals surface area (Å²) in [7, 11) is -14.5.